The third-order valence-electron chi connectivity index (χ3n) is 4.17. The zero-order chi connectivity index (χ0) is 19.4. The summed E-state index contributed by atoms with van der Waals surface area (Å²) in [7, 11) is 3.31. The van der Waals surface area contributed by atoms with E-state index in [0.29, 0.717) is 11.3 Å². The normalized spacial score (nSPS) is 10.5. The number of amides is 2. The first-order chi connectivity index (χ1) is 13.0. The quantitative estimate of drug-likeness (QED) is 0.759. The van der Waals surface area contributed by atoms with Gasteiger partial charge in [-0.3, -0.25) is 9.59 Å². The Balaban J connectivity index is 1.99. The van der Waals surface area contributed by atoms with Crippen LogP contribution in [-0.2, 0) is 4.79 Å². The van der Waals surface area contributed by atoms with Gasteiger partial charge in [-0.1, -0.05) is 42.0 Å². The van der Waals surface area contributed by atoms with Crippen molar-refractivity contribution in [3.63, 3.8) is 0 Å². The van der Waals surface area contributed by atoms with E-state index in [1.165, 1.54) is 4.90 Å². The smallest absolute Gasteiger partial charge is 0.255 e. The molecule has 2 amide bonds. The van der Waals surface area contributed by atoms with Crippen molar-refractivity contribution in [3.05, 3.63) is 71.9 Å². The Morgan fingerprint density at radius 2 is 1.81 bits per heavy atom. The molecule has 3 aromatic rings. The zero-order valence-electron chi connectivity index (χ0n) is 15.6. The minimum atomic E-state index is -0.330. The molecule has 0 bridgehead atoms. The Kier molecular flexibility index (Phi) is 5.35. The molecule has 3 rings (SSSR count). The second-order valence-electron chi connectivity index (χ2n) is 6.51. The molecule has 6 nitrogen and oxygen atoms in total. The highest BCUT2D eigenvalue weighted by Gasteiger charge is 2.19. The highest BCUT2D eigenvalue weighted by Crippen LogP contribution is 2.24. The van der Waals surface area contributed by atoms with Gasteiger partial charge in [0, 0.05) is 25.9 Å². The predicted molar refractivity (Wildman–Crippen MR) is 105 cm³/mol. The van der Waals surface area contributed by atoms with Crippen LogP contribution in [0.2, 0.25) is 0 Å². The predicted octanol–water partition coefficient (Wildman–Crippen LogP) is 2.67. The van der Waals surface area contributed by atoms with E-state index < -0.39 is 0 Å². The largest absolute Gasteiger partial charge is 0.347 e. The van der Waals surface area contributed by atoms with Gasteiger partial charge in [-0.05, 0) is 25.1 Å². The number of rotatable bonds is 5. The van der Waals surface area contributed by atoms with Crippen LogP contribution in [0.3, 0.4) is 0 Å². The first-order valence-corrected chi connectivity index (χ1v) is 8.66. The summed E-state index contributed by atoms with van der Waals surface area (Å²) in [5.41, 5.74) is 3.80. The number of likely N-dealkylation sites (N-methyl/N-ethyl adjacent to an activating group) is 1. The van der Waals surface area contributed by atoms with Gasteiger partial charge in [-0.2, -0.15) is 5.10 Å². The molecule has 1 heterocycles. The molecule has 0 unspecified atom stereocenters. The van der Waals surface area contributed by atoms with E-state index in [0.717, 1.165) is 16.8 Å². The molecule has 0 aliphatic rings. The molecular weight excluding hydrogens is 340 g/mol. The molecule has 6 heteroatoms. The van der Waals surface area contributed by atoms with Crippen LogP contribution in [0.5, 0.6) is 0 Å². The fraction of sp³-hybridized carbons (Fsp3) is 0.190. The summed E-state index contributed by atoms with van der Waals surface area (Å²) in [6.45, 7) is 1.93. The van der Waals surface area contributed by atoms with Gasteiger partial charge in [-0.15, -0.1) is 0 Å². The first-order valence-electron chi connectivity index (χ1n) is 8.66. The van der Waals surface area contributed by atoms with Gasteiger partial charge in [-0.25, -0.2) is 4.68 Å². The van der Waals surface area contributed by atoms with Gasteiger partial charge in [0.25, 0.3) is 5.91 Å². The molecule has 2 aromatic carbocycles. The number of aryl methyl sites for hydroxylation is 1. The van der Waals surface area contributed by atoms with E-state index in [-0.39, 0.29) is 18.4 Å². The fourth-order valence-corrected chi connectivity index (χ4v) is 2.67. The zero-order valence-corrected chi connectivity index (χ0v) is 15.6. The van der Waals surface area contributed by atoms with E-state index in [9.17, 15) is 9.59 Å². The molecule has 0 atom stereocenters. The van der Waals surface area contributed by atoms with Crippen LogP contribution in [0.4, 0.5) is 0 Å². The topological polar surface area (TPSA) is 67.2 Å². The third-order valence-corrected chi connectivity index (χ3v) is 4.17. The van der Waals surface area contributed by atoms with E-state index >= 15 is 0 Å². The number of aromatic nitrogens is 2. The van der Waals surface area contributed by atoms with E-state index in [2.05, 4.69) is 10.4 Å². The lowest BCUT2D eigenvalue weighted by atomic mass is 10.1. The van der Waals surface area contributed by atoms with Crippen molar-refractivity contribution >= 4 is 11.8 Å². The fourth-order valence-electron chi connectivity index (χ4n) is 2.67. The lowest BCUT2D eigenvalue weighted by Crippen LogP contribution is -2.36. The van der Waals surface area contributed by atoms with Crippen LogP contribution >= 0.6 is 0 Å². The Morgan fingerprint density at radius 3 is 2.48 bits per heavy atom. The number of carbonyl (C=O) groups is 2. The van der Waals surface area contributed by atoms with Crippen molar-refractivity contribution in [2.75, 3.05) is 20.6 Å². The first kappa shape index (κ1) is 18.4. The molecule has 1 aromatic heterocycles. The minimum Gasteiger partial charge on any atom is -0.347 e. The molecule has 1 N–H and O–H groups in total. The van der Waals surface area contributed by atoms with Crippen molar-refractivity contribution in [1.29, 1.82) is 0 Å². The van der Waals surface area contributed by atoms with Gasteiger partial charge in [0.05, 0.1) is 17.8 Å². The summed E-state index contributed by atoms with van der Waals surface area (Å²) in [6, 6.07) is 17.4. The van der Waals surface area contributed by atoms with Crippen molar-refractivity contribution in [2.45, 2.75) is 6.92 Å². The summed E-state index contributed by atoms with van der Waals surface area (Å²) in [5.74, 6) is -0.500. The van der Waals surface area contributed by atoms with Crippen LogP contribution in [0.1, 0.15) is 15.9 Å². The monoisotopic (exact) mass is 362 g/mol. The Labute approximate surface area is 158 Å². The molecule has 0 aliphatic heterocycles. The van der Waals surface area contributed by atoms with Crippen LogP contribution in [-0.4, -0.2) is 47.1 Å². The van der Waals surface area contributed by atoms with Crippen molar-refractivity contribution < 1.29 is 9.59 Å². The van der Waals surface area contributed by atoms with Crippen molar-refractivity contribution in [3.8, 4) is 16.9 Å². The van der Waals surface area contributed by atoms with Gasteiger partial charge < -0.3 is 10.2 Å². The number of nitrogens with zero attached hydrogens (tertiary/aromatic N) is 3. The summed E-state index contributed by atoms with van der Waals surface area (Å²) >= 11 is 0. The molecule has 0 aliphatic carbocycles. The number of nitrogens with one attached hydrogen (secondary N) is 1. The Morgan fingerprint density at radius 1 is 1.07 bits per heavy atom. The van der Waals surface area contributed by atoms with Gasteiger partial charge >= 0.3 is 0 Å². The van der Waals surface area contributed by atoms with Crippen molar-refractivity contribution in [2.24, 2.45) is 0 Å². The average molecular weight is 362 g/mol. The maximum atomic E-state index is 12.8. The maximum Gasteiger partial charge on any atom is 0.255 e. The minimum absolute atomic E-state index is 0.0599. The second-order valence-corrected chi connectivity index (χ2v) is 6.51. The standard InChI is InChI=1S/C21H22N4O2/c1-15-8-7-9-16(12-15)20-18(21(27)22-13-19(26)24(2)3)14-25(23-20)17-10-5-4-6-11-17/h4-12,14H,13H2,1-3H3,(H,22,27). The van der Waals surface area contributed by atoms with Gasteiger partial charge in [0.2, 0.25) is 5.91 Å². The van der Waals surface area contributed by atoms with E-state index in [4.69, 9.17) is 0 Å². The SMILES string of the molecule is Cc1cccc(-c2nn(-c3ccccc3)cc2C(=O)NCC(=O)N(C)C)c1. The number of benzene rings is 2. The van der Waals surface area contributed by atoms with Crippen molar-refractivity contribution in [1.82, 2.24) is 20.0 Å². The molecule has 0 spiro atoms. The summed E-state index contributed by atoms with van der Waals surface area (Å²) in [6.07, 6.45) is 1.70. The number of carbonyl (C=O) groups excluding carboxylic acids is 2. The van der Waals surface area contributed by atoms with Crippen LogP contribution in [0.15, 0.2) is 60.8 Å². The lowest BCUT2D eigenvalue weighted by molar-refractivity contribution is -0.127. The Bertz CT molecular complexity index is 961. The Hall–Kier alpha value is -3.41. The number of hydrogen-bond acceptors (Lipinski definition) is 3. The second kappa shape index (κ2) is 7.86. The third kappa shape index (κ3) is 4.23. The maximum absolute atomic E-state index is 12.8. The average Bonchev–Trinajstić information content (AvgIpc) is 3.12. The molecule has 0 fully saturated rings. The molecule has 27 heavy (non-hydrogen) atoms. The molecular formula is C21H22N4O2. The molecule has 0 saturated heterocycles. The summed E-state index contributed by atoms with van der Waals surface area (Å²) in [4.78, 5) is 26.0. The van der Waals surface area contributed by atoms with Crippen LogP contribution in [0, 0.1) is 6.92 Å². The molecule has 0 radical (unpaired) electrons. The number of hydrogen-bond donors (Lipinski definition) is 1. The van der Waals surface area contributed by atoms with Gasteiger partial charge in [0.1, 0.15) is 5.69 Å². The van der Waals surface area contributed by atoms with Gasteiger partial charge in [0.15, 0.2) is 0 Å². The summed E-state index contributed by atoms with van der Waals surface area (Å²) < 4.78 is 1.68. The van der Waals surface area contributed by atoms with E-state index in [1.54, 1.807) is 25.0 Å². The highest BCUT2D eigenvalue weighted by atomic mass is 16.2. The molecule has 138 valence electrons. The highest BCUT2D eigenvalue weighted by molar-refractivity contribution is 6.01. The number of para-hydroxylation sites is 1. The van der Waals surface area contributed by atoms with E-state index in [1.807, 2.05) is 61.5 Å². The van der Waals surface area contributed by atoms with Crippen LogP contribution < -0.4 is 5.32 Å². The van der Waals surface area contributed by atoms with Crippen LogP contribution in [0.25, 0.3) is 16.9 Å². The molecule has 0 saturated carbocycles. The lowest BCUT2D eigenvalue weighted by Gasteiger charge is -2.11. The summed E-state index contributed by atoms with van der Waals surface area (Å²) in [5, 5.41) is 7.32.